The second-order valence-electron chi connectivity index (χ2n) is 4.80. The Morgan fingerprint density at radius 1 is 1.60 bits per heavy atom. The van der Waals surface area contributed by atoms with Crippen molar-refractivity contribution in [2.75, 3.05) is 24.6 Å². The molecule has 106 valence electrons. The fourth-order valence-corrected chi connectivity index (χ4v) is 2.44. The van der Waals surface area contributed by atoms with Gasteiger partial charge in [-0.2, -0.15) is 5.26 Å². The first kappa shape index (κ1) is 14.3. The molecule has 1 aliphatic rings. The smallest absolute Gasteiger partial charge is 0.292 e. The van der Waals surface area contributed by atoms with E-state index in [-0.39, 0.29) is 11.8 Å². The van der Waals surface area contributed by atoms with Crippen molar-refractivity contribution < 1.29 is 9.66 Å². The van der Waals surface area contributed by atoms with E-state index in [2.05, 4.69) is 6.92 Å². The predicted molar refractivity (Wildman–Crippen MR) is 74.7 cm³/mol. The second kappa shape index (κ2) is 6.35. The molecule has 6 nitrogen and oxygen atoms in total. The molecule has 20 heavy (non-hydrogen) atoms. The second-order valence-corrected chi connectivity index (χ2v) is 4.80. The van der Waals surface area contributed by atoms with Gasteiger partial charge < -0.3 is 9.64 Å². The summed E-state index contributed by atoms with van der Waals surface area (Å²) in [6, 6.07) is 6.50. The Kier molecular flexibility index (Phi) is 4.53. The van der Waals surface area contributed by atoms with Gasteiger partial charge >= 0.3 is 0 Å². The number of nitro groups is 1. The number of ether oxygens (including phenoxy) is 1. The average molecular weight is 275 g/mol. The number of hydrogen-bond acceptors (Lipinski definition) is 5. The van der Waals surface area contributed by atoms with Crippen LogP contribution in [0.25, 0.3) is 0 Å². The lowest BCUT2D eigenvalue weighted by Crippen LogP contribution is -2.42. The minimum atomic E-state index is -0.402. The van der Waals surface area contributed by atoms with Gasteiger partial charge in [-0.15, -0.1) is 0 Å². The fraction of sp³-hybridized carbons (Fsp3) is 0.500. The highest BCUT2D eigenvalue weighted by Crippen LogP contribution is 2.30. The first-order chi connectivity index (χ1) is 9.65. The van der Waals surface area contributed by atoms with Gasteiger partial charge in [0.15, 0.2) is 0 Å². The summed E-state index contributed by atoms with van der Waals surface area (Å²) in [4.78, 5) is 12.7. The number of benzene rings is 1. The molecule has 0 aliphatic carbocycles. The summed E-state index contributed by atoms with van der Waals surface area (Å²) in [6.45, 7) is 3.87. The van der Waals surface area contributed by atoms with Gasteiger partial charge in [-0.25, -0.2) is 0 Å². The molecule has 0 amide bonds. The zero-order valence-electron chi connectivity index (χ0n) is 11.4. The van der Waals surface area contributed by atoms with E-state index < -0.39 is 4.92 Å². The summed E-state index contributed by atoms with van der Waals surface area (Å²) in [5.41, 5.74) is 0.990. The molecule has 0 N–H and O–H groups in total. The van der Waals surface area contributed by atoms with Crippen molar-refractivity contribution in [1.82, 2.24) is 0 Å². The van der Waals surface area contributed by atoms with E-state index in [0.717, 1.165) is 12.8 Å². The highest BCUT2D eigenvalue weighted by atomic mass is 16.6. The molecular formula is C14H17N3O3. The Bertz CT molecular complexity index is 537. The number of rotatable bonds is 4. The number of nitrogens with zero attached hydrogens (tertiary/aromatic N) is 3. The molecule has 1 aromatic carbocycles. The third-order valence-electron chi connectivity index (χ3n) is 3.39. The maximum atomic E-state index is 11.1. The van der Waals surface area contributed by atoms with Crippen LogP contribution in [0.15, 0.2) is 18.2 Å². The number of hydrogen-bond donors (Lipinski definition) is 0. The highest BCUT2D eigenvalue weighted by molar-refractivity contribution is 5.66. The molecule has 0 saturated carbocycles. The Balaban J connectivity index is 2.30. The van der Waals surface area contributed by atoms with Gasteiger partial charge in [0.05, 0.1) is 29.3 Å². The average Bonchev–Trinajstić information content (AvgIpc) is 2.47. The summed E-state index contributed by atoms with van der Waals surface area (Å²) in [6.07, 6.45) is 2.04. The van der Waals surface area contributed by atoms with E-state index in [0.29, 0.717) is 30.9 Å². The van der Waals surface area contributed by atoms with Crippen molar-refractivity contribution in [3.05, 3.63) is 33.9 Å². The number of nitriles is 1. The number of anilines is 1. The van der Waals surface area contributed by atoms with Gasteiger partial charge in [-0.1, -0.05) is 13.3 Å². The third-order valence-corrected chi connectivity index (χ3v) is 3.39. The third kappa shape index (κ3) is 3.06. The Morgan fingerprint density at radius 3 is 3.05 bits per heavy atom. The normalized spacial score (nSPS) is 18.6. The SMILES string of the molecule is CCCC1CN(c2cc(C#N)ccc2[N+](=O)[O-])CCO1. The largest absolute Gasteiger partial charge is 0.375 e. The van der Waals surface area contributed by atoms with E-state index in [4.69, 9.17) is 10.00 Å². The van der Waals surface area contributed by atoms with Crippen LogP contribution in [0.5, 0.6) is 0 Å². The van der Waals surface area contributed by atoms with Crippen molar-refractivity contribution in [2.24, 2.45) is 0 Å². The summed E-state index contributed by atoms with van der Waals surface area (Å²) in [5, 5.41) is 20.1. The van der Waals surface area contributed by atoms with E-state index in [1.165, 1.54) is 12.1 Å². The van der Waals surface area contributed by atoms with Crippen LogP contribution >= 0.6 is 0 Å². The van der Waals surface area contributed by atoms with Crippen LogP contribution in [0.3, 0.4) is 0 Å². The van der Waals surface area contributed by atoms with Crippen LogP contribution in [0.4, 0.5) is 11.4 Å². The molecule has 0 aromatic heterocycles. The van der Waals surface area contributed by atoms with Crippen molar-refractivity contribution >= 4 is 11.4 Å². The molecule has 1 aromatic rings. The molecule has 6 heteroatoms. The molecule has 1 fully saturated rings. The van der Waals surface area contributed by atoms with E-state index >= 15 is 0 Å². The quantitative estimate of drug-likeness (QED) is 0.623. The topological polar surface area (TPSA) is 79.4 Å². The Hall–Kier alpha value is -2.13. The van der Waals surface area contributed by atoms with Crippen LogP contribution in [0, 0.1) is 21.4 Å². The molecule has 0 spiro atoms. The van der Waals surface area contributed by atoms with E-state index in [1.807, 2.05) is 11.0 Å². The molecule has 2 rings (SSSR count). The lowest BCUT2D eigenvalue weighted by molar-refractivity contribution is -0.384. The van der Waals surface area contributed by atoms with Crippen LogP contribution in [-0.4, -0.2) is 30.7 Å². The van der Waals surface area contributed by atoms with Crippen molar-refractivity contribution in [3.63, 3.8) is 0 Å². The van der Waals surface area contributed by atoms with E-state index in [1.54, 1.807) is 6.07 Å². The summed E-state index contributed by atoms with van der Waals surface area (Å²) in [5.74, 6) is 0. The number of morpholine rings is 1. The van der Waals surface area contributed by atoms with Gasteiger partial charge in [0.1, 0.15) is 5.69 Å². The van der Waals surface area contributed by atoms with Crippen LogP contribution in [0.2, 0.25) is 0 Å². The summed E-state index contributed by atoms with van der Waals surface area (Å²) >= 11 is 0. The molecule has 1 unspecified atom stereocenters. The fourth-order valence-electron chi connectivity index (χ4n) is 2.44. The molecule has 1 atom stereocenters. The van der Waals surface area contributed by atoms with Crippen LogP contribution in [-0.2, 0) is 4.74 Å². The Labute approximate surface area is 117 Å². The van der Waals surface area contributed by atoms with E-state index in [9.17, 15) is 10.1 Å². The van der Waals surface area contributed by atoms with Gasteiger partial charge in [0, 0.05) is 19.2 Å². The number of nitro benzene ring substituents is 1. The summed E-state index contributed by atoms with van der Waals surface area (Å²) < 4.78 is 5.65. The standard InChI is InChI=1S/C14H17N3O3/c1-2-3-12-10-16(6-7-20-12)14-8-11(9-15)4-5-13(14)17(18)19/h4-5,8,12H,2-3,6-7,10H2,1H3. The van der Waals surface area contributed by atoms with Crippen molar-refractivity contribution in [2.45, 2.75) is 25.9 Å². The van der Waals surface area contributed by atoms with Crippen LogP contribution in [0.1, 0.15) is 25.3 Å². The molecule has 1 heterocycles. The zero-order chi connectivity index (χ0) is 14.5. The minimum Gasteiger partial charge on any atom is -0.375 e. The Morgan fingerprint density at radius 2 is 2.40 bits per heavy atom. The first-order valence-electron chi connectivity index (χ1n) is 6.70. The van der Waals surface area contributed by atoms with Crippen molar-refractivity contribution in [1.29, 1.82) is 5.26 Å². The van der Waals surface area contributed by atoms with Gasteiger partial charge in [-0.05, 0) is 18.6 Å². The predicted octanol–water partition coefficient (Wildman–Crippen LogP) is 2.47. The molecule has 0 bridgehead atoms. The van der Waals surface area contributed by atoms with Gasteiger partial charge in [-0.3, -0.25) is 10.1 Å². The lowest BCUT2D eigenvalue weighted by atomic mass is 10.1. The molecule has 1 aliphatic heterocycles. The molecular weight excluding hydrogens is 258 g/mol. The van der Waals surface area contributed by atoms with Gasteiger partial charge in [0.2, 0.25) is 0 Å². The minimum absolute atomic E-state index is 0.0427. The first-order valence-corrected chi connectivity index (χ1v) is 6.70. The van der Waals surface area contributed by atoms with Crippen molar-refractivity contribution in [3.8, 4) is 6.07 Å². The van der Waals surface area contributed by atoms with Gasteiger partial charge in [0.25, 0.3) is 5.69 Å². The lowest BCUT2D eigenvalue weighted by Gasteiger charge is -2.34. The molecule has 0 radical (unpaired) electrons. The maximum absolute atomic E-state index is 11.1. The zero-order valence-corrected chi connectivity index (χ0v) is 11.4. The summed E-state index contributed by atoms with van der Waals surface area (Å²) in [7, 11) is 0. The monoisotopic (exact) mass is 275 g/mol. The maximum Gasteiger partial charge on any atom is 0.292 e. The highest BCUT2D eigenvalue weighted by Gasteiger charge is 2.25. The molecule has 1 saturated heterocycles. The van der Waals surface area contributed by atoms with Crippen LogP contribution < -0.4 is 4.90 Å².